The van der Waals surface area contributed by atoms with Gasteiger partial charge in [0.1, 0.15) is 0 Å². The first-order valence-corrected chi connectivity index (χ1v) is 5.93. The Labute approximate surface area is 106 Å². The summed E-state index contributed by atoms with van der Waals surface area (Å²) < 4.78 is 0. The van der Waals surface area contributed by atoms with Gasteiger partial charge >= 0.3 is 0 Å². The van der Waals surface area contributed by atoms with Crippen LogP contribution in [0.5, 0.6) is 0 Å². The van der Waals surface area contributed by atoms with Crippen LogP contribution in [0.4, 0.5) is 11.6 Å². The fourth-order valence-corrected chi connectivity index (χ4v) is 1.67. The second-order valence-corrected chi connectivity index (χ2v) is 3.93. The van der Waals surface area contributed by atoms with E-state index in [0.717, 1.165) is 29.9 Å². The van der Waals surface area contributed by atoms with Crippen molar-refractivity contribution >= 4 is 11.6 Å². The van der Waals surface area contributed by atoms with Gasteiger partial charge in [0, 0.05) is 12.1 Å². The lowest BCUT2D eigenvalue weighted by molar-refractivity contribution is 0.873. The Morgan fingerprint density at radius 2 is 1.94 bits per heavy atom. The minimum Gasteiger partial charge on any atom is -0.382 e. The van der Waals surface area contributed by atoms with Crippen LogP contribution in [-0.2, 0) is 0 Å². The molecular formula is C13H17N5. The van der Waals surface area contributed by atoms with Crippen LogP contribution < -0.4 is 16.8 Å². The summed E-state index contributed by atoms with van der Waals surface area (Å²) in [6.07, 6.45) is 2.61. The van der Waals surface area contributed by atoms with Gasteiger partial charge in [-0.15, -0.1) is 0 Å². The lowest BCUT2D eigenvalue weighted by atomic mass is 10.1. The van der Waals surface area contributed by atoms with Gasteiger partial charge in [-0.05, 0) is 13.0 Å². The van der Waals surface area contributed by atoms with Crippen molar-refractivity contribution < 1.29 is 0 Å². The van der Waals surface area contributed by atoms with E-state index in [4.69, 9.17) is 11.5 Å². The van der Waals surface area contributed by atoms with Gasteiger partial charge in [0.15, 0.2) is 0 Å². The number of aromatic nitrogens is 2. The number of nitrogen functional groups attached to an aromatic ring is 1. The Balaban J connectivity index is 2.29. The largest absolute Gasteiger partial charge is 0.382 e. The molecule has 0 saturated heterocycles. The molecule has 0 atom stereocenters. The summed E-state index contributed by atoms with van der Waals surface area (Å²) in [6.45, 7) is 1.45. The first-order chi connectivity index (χ1) is 8.81. The molecule has 1 heterocycles. The highest BCUT2D eigenvalue weighted by Crippen LogP contribution is 2.25. The first kappa shape index (κ1) is 12.3. The summed E-state index contributed by atoms with van der Waals surface area (Å²) in [5.74, 6) is 0.276. The molecule has 2 rings (SSSR count). The number of nitrogens with one attached hydrogen (secondary N) is 1. The maximum atomic E-state index is 5.65. The van der Waals surface area contributed by atoms with Gasteiger partial charge in [-0.25, -0.2) is 9.97 Å². The molecule has 5 nitrogen and oxygen atoms in total. The Kier molecular flexibility index (Phi) is 4.09. The molecule has 0 amide bonds. The second kappa shape index (κ2) is 5.97. The van der Waals surface area contributed by atoms with Crippen molar-refractivity contribution in [2.45, 2.75) is 6.42 Å². The topological polar surface area (TPSA) is 89.8 Å². The van der Waals surface area contributed by atoms with Crippen LogP contribution in [-0.4, -0.2) is 23.1 Å². The lowest BCUT2D eigenvalue weighted by Crippen LogP contribution is -2.10. The number of anilines is 2. The van der Waals surface area contributed by atoms with Gasteiger partial charge < -0.3 is 16.8 Å². The lowest BCUT2D eigenvalue weighted by Gasteiger charge is -2.11. The zero-order valence-corrected chi connectivity index (χ0v) is 10.1. The molecule has 0 aliphatic carbocycles. The molecule has 18 heavy (non-hydrogen) atoms. The molecule has 1 aromatic heterocycles. The predicted octanol–water partition coefficient (Wildman–Crippen LogP) is 1.49. The molecule has 0 unspecified atom stereocenters. The smallest absolute Gasteiger partial charge is 0.220 e. The zero-order chi connectivity index (χ0) is 12.8. The van der Waals surface area contributed by atoms with Gasteiger partial charge in [0.25, 0.3) is 0 Å². The van der Waals surface area contributed by atoms with Crippen molar-refractivity contribution in [3.8, 4) is 11.3 Å². The Morgan fingerprint density at radius 1 is 1.17 bits per heavy atom. The van der Waals surface area contributed by atoms with E-state index in [1.54, 1.807) is 6.20 Å². The zero-order valence-electron chi connectivity index (χ0n) is 10.1. The van der Waals surface area contributed by atoms with Crippen LogP contribution in [0.25, 0.3) is 11.3 Å². The summed E-state index contributed by atoms with van der Waals surface area (Å²) in [7, 11) is 0. The molecule has 1 aromatic carbocycles. The summed E-state index contributed by atoms with van der Waals surface area (Å²) in [5.41, 5.74) is 13.8. The van der Waals surface area contributed by atoms with Crippen molar-refractivity contribution in [3.63, 3.8) is 0 Å². The highest BCUT2D eigenvalue weighted by atomic mass is 15.0. The van der Waals surface area contributed by atoms with Gasteiger partial charge in [-0.1, -0.05) is 30.3 Å². The van der Waals surface area contributed by atoms with Crippen LogP contribution >= 0.6 is 0 Å². The minimum atomic E-state index is 0.276. The Morgan fingerprint density at radius 3 is 2.67 bits per heavy atom. The molecule has 94 valence electrons. The molecule has 2 aromatic rings. The molecular weight excluding hydrogens is 226 g/mol. The molecule has 5 heteroatoms. The molecule has 0 saturated carbocycles. The fourth-order valence-electron chi connectivity index (χ4n) is 1.67. The van der Waals surface area contributed by atoms with Gasteiger partial charge in [-0.2, -0.15) is 0 Å². The van der Waals surface area contributed by atoms with E-state index >= 15 is 0 Å². The monoisotopic (exact) mass is 243 g/mol. The molecule has 5 N–H and O–H groups in total. The number of hydrogen-bond donors (Lipinski definition) is 3. The average molecular weight is 243 g/mol. The molecule has 0 bridgehead atoms. The number of nitrogens with two attached hydrogens (primary N) is 2. The Hall–Kier alpha value is -2.14. The van der Waals surface area contributed by atoms with Crippen molar-refractivity contribution in [1.29, 1.82) is 0 Å². The van der Waals surface area contributed by atoms with E-state index in [1.165, 1.54) is 0 Å². The summed E-state index contributed by atoms with van der Waals surface area (Å²) in [5, 5.41) is 3.28. The SMILES string of the molecule is NCCCNc1cnc(N)nc1-c1ccccc1. The van der Waals surface area contributed by atoms with E-state index in [-0.39, 0.29) is 5.95 Å². The molecule has 0 spiro atoms. The number of hydrogen-bond acceptors (Lipinski definition) is 5. The number of nitrogens with zero attached hydrogens (tertiary/aromatic N) is 2. The van der Waals surface area contributed by atoms with Crippen molar-refractivity contribution in [1.82, 2.24) is 9.97 Å². The van der Waals surface area contributed by atoms with Gasteiger partial charge in [0.2, 0.25) is 5.95 Å². The molecule has 0 radical (unpaired) electrons. The fraction of sp³-hybridized carbons (Fsp3) is 0.231. The third-order valence-electron chi connectivity index (χ3n) is 2.55. The van der Waals surface area contributed by atoms with Crippen LogP contribution in [0.15, 0.2) is 36.5 Å². The van der Waals surface area contributed by atoms with Crippen molar-refractivity contribution in [2.75, 3.05) is 24.1 Å². The van der Waals surface area contributed by atoms with Crippen LogP contribution in [0.1, 0.15) is 6.42 Å². The normalized spacial score (nSPS) is 10.3. The standard InChI is InChI=1S/C13H17N5/c14-7-4-8-16-11-9-17-13(15)18-12(11)10-5-2-1-3-6-10/h1-3,5-6,9,16H,4,7-8,14H2,(H2,15,17,18). The van der Waals surface area contributed by atoms with E-state index in [2.05, 4.69) is 15.3 Å². The van der Waals surface area contributed by atoms with Gasteiger partial charge in [0.05, 0.1) is 17.6 Å². The third kappa shape index (κ3) is 2.95. The van der Waals surface area contributed by atoms with E-state index < -0.39 is 0 Å². The number of rotatable bonds is 5. The first-order valence-electron chi connectivity index (χ1n) is 5.93. The second-order valence-electron chi connectivity index (χ2n) is 3.93. The van der Waals surface area contributed by atoms with Gasteiger partial charge in [-0.3, -0.25) is 0 Å². The van der Waals surface area contributed by atoms with E-state index in [9.17, 15) is 0 Å². The highest BCUT2D eigenvalue weighted by molar-refractivity contribution is 5.74. The maximum absolute atomic E-state index is 5.65. The highest BCUT2D eigenvalue weighted by Gasteiger charge is 2.07. The third-order valence-corrected chi connectivity index (χ3v) is 2.55. The van der Waals surface area contributed by atoms with Crippen molar-refractivity contribution in [2.24, 2.45) is 5.73 Å². The minimum absolute atomic E-state index is 0.276. The van der Waals surface area contributed by atoms with E-state index in [0.29, 0.717) is 6.54 Å². The molecule has 0 fully saturated rings. The quantitative estimate of drug-likeness (QED) is 0.692. The number of benzene rings is 1. The maximum Gasteiger partial charge on any atom is 0.220 e. The molecule has 0 aliphatic rings. The average Bonchev–Trinajstić information content (AvgIpc) is 2.41. The van der Waals surface area contributed by atoms with Crippen LogP contribution in [0.2, 0.25) is 0 Å². The van der Waals surface area contributed by atoms with E-state index in [1.807, 2.05) is 30.3 Å². The predicted molar refractivity (Wildman–Crippen MR) is 74.0 cm³/mol. The molecule has 0 aliphatic heterocycles. The Bertz CT molecular complexity index is 498. The summed E-state index contributed by atoms with van der Waals surface area (Å²) in [6, 6.07) is 9.90. The van der Waals surface area contributed by atoms with Crippen molar-refractivity contribution in [3.05, 3.63) is 36.5 Å². The summed E-state index contributed by atoms with van der Waals surface area (Å²) >= 11 is 0. The van der Waals surface area contributed by atoms with Crippen LogP contribution in [0, 0.1) is 0 Å². The van der Waals surface area contributed by atoms with Crippen LogP contribution in [0.3, 0.4) is 0 Å². The summed E-state index contributed by atoms with van der Waals surface area (Å²) in [4.78, 5) is 8.31.